The van der Waals surface area contributed by atoms with Gasteiger partial charge in [-0.2, -0.15) is 0 Å². The number of nitrogens with one attached hydrogen (secondary N) is 2. The van der Waals surface area contributed by atoms with Crippen molar-refractivity contribution in [3.63, 3.8) is 0 Å². The number of morpholine rings is 1. The van der Waals surface area contributed by atoms with Gasteiger partial charge in [-0.1, -0.05) is 25.1 Å². The van der Waals surface area contributed by atoms with E-state index in [9.17, 15) is 14.7 Å². The molecule has 3 saturated heterocycles. The Labute approximate surface area is 409 Å². The van der Waals surface area contributed by atoms with E-state index < -0.39 is 63.7 Å². The first-order valence-corrected chi connectivity index (χ1v) is 25.2. The number of alkyl halides is 2. The van der Waals surface area contributed by atoms with Gasteiger partial charge in [-0.05, 0) is 86.4 Å². The monoisotopic (exact) mass is 973 g/mol. The van der Waals surface area contributed by atoms with E-state index in [4.69, 9.17) is 23.7 Å². The molecule has 1 saturated carbocycles. The molecule has 10 rings (SSSR count). The third-order valence-corrected chi connectivity index (χ3v) is 17.8. The second-order valence-electron chi connectivity index (χ2n) is 21.3. The Morgan fingerprint density at radius 1 is 1.00 bits per heavy atom. The van der Waals surface area contributed by atoms with Crippen molar-refractivity contribution in [1.82, 2.24) is 25.0 Å². The van der Waals surface area contributed by atoms with E-state index in [0.717, 1.165) is 73.9 Å². The fourth-order valence-electron chi connectivity index (χ4n) is 14.9. The predicted molar refractivity (Wildman–Crippen MR) is 258 cm³/mol. The van der Waals surface area contributed by atoms with Gasteiger partial charge in [-0.3, -0.25) is 19.4 Å². The number of ether oxygens (including phenoxy) is 5. The van der Waals surface area contributed by atoms with Crippen molar-refractivity contribution in [2.24, 2.45) is 17.3 Å². The molecule has 1 unspecified atom stereocenters. The van der Waals surface area contributed by atoms with Crippen LogP contribution in [-0.2, 0) is 57.1 Å². The molecule has 0 radical (unpaired) electrons. The third-order valence-electron chi connectivity index (χ3n) is 17.8. The summed E-state index contributed by atoms with van der Waals surface area (Å²) in [6.07, 6.45) is 4.47. The van der Waals surface area contributed by atoms with Gasteiger partial charge in [0.15, 0.2) is 6.10 Å². The van der Waals surface area contributed by atoms with Crippen LogP contribution in [0.2, 0.25) is 0 Å². The highest BCUT2D eigenvalue weighted by molar-refractivity contribution is 5.95. The Morgan fingerprint density at radius 3 is 2.47 bits per heavy atom. The summed E-state index contributed by atoms with van der Waals surface area (Å²) in [6.45, 7) is 12.4. The lowest BCUT2D eigenvalue weighted by molar-refractivity contribution is -0.228. The Kier molecular flexibility index (Phi) is 12.7. The molecular formula is C53H70F2N6O9. The number of benzene rings is 2. The maximum Gasteiger partial charge on any atom is 0.344 e. The smallest absolute Gasteiger partial charge is 0.344 e. The lowest BCUT2D eigenvalue weighted by Gasteiger charge is -2.63. The van der Waals surface area contributed by atoms with Crippen molar-refractivity contribution in [3.8, 4) is 5.75 Å². The summed E-state index contributed by atoms with van der Waals surface area (Å²) in [4.78, 5) is 55.9. The van der Waals surface area contributed by atoms with Crippen LogP contribution in [0.15, 0.2) is 42.5 Å². The molecule has 2 aromatic carbocycles. The van der Waals surface area contributed by atoms with E-state index >= 15 is 13.6 Å². The van der Waals surface area contributed by atoms with Gasteiger partial charge in [0, 0.05) is 130 Å². The Bertz CT molecular complexity index is 2560. The highest BCUT2D eigenvalue weighted by atomic mass is 19.3. The molecular weight excluding hydrogens is 903 g/mol. The topological polar surface area (TPSA) is 158 Å². The molecule has 0 amide bonds. The number of methoxy groups -OCH3 is 3. The molecule has 1 aliphatic carbocycles. The molecule has 380 valence electrons. The highest BCUT2D eigenvalue weighted by Gasteiger charge is 2.80. The van der Waals surface area contributed by atoms with E-state index in [1.165, 1.54) is 21.1 Å². The van der Waals surface area contributed by atoms with Crippen LogP contribution in [0.1, 0.15) is 74.4 Å². The van der Waals surface area contributed by atoms with Crippen LogP contribution in [0, 0.1) is 17.3 Å². The zero-order valence-corrected chi connectivity index (χ0v) is 41.7. The lowest BCUT2D eigenvalue weighted by Crippen LogP contribution is -2.81. The van der Waals surface area contributed by atoms with E-state index in [1.807, 2.05) is 43.2 Å². The summed E-state index contributed by atoms with van der Waals surface area (Å²) >= 11 is 0. The van der Waals surface area contributed by atoms with Crippen LogP contribution >= 0.6 is 0 Å². The summed E-state index contributed by atoms with van der Waals surface area (Å²) in [5.74, 6) is -5.99. The molecule has 7 heterocycles. The first-order valence-electron chi connectivity index (χ1n) is 25.2. The van der Waals surface area contributed by atoms with Gasteiger partial charge in [0.1, 0.15) is 11.2 Å². The van der Waals surface area contributed by atoms with E-state index in [2.05, 4.69) is 43.2 Å². The first-order chi connectivity index (χ1) is 33.5. The molecule has 70 heavy (non-hydrogen) atoms. The average molecular weight is 973 g/mol. The highest BCUT2D eigenvalue weighted by Crippen LogP contribution is 2.68. The quantitative estimate of drug-likeness (QED) is 0.101. The molecule has 1 aromatic heterocycles. The molecule has 17 heteroatoms. The number of carbonyl (C=O) groups is 3. The van der Waals surface area contributed by atoms with Gasteiger partial charge in [-0.15, -0.1) is 0 Å². The number of hydrogen-bond acceptors (Lipinski definition) is 14. The number of anilines is 1. The number of carbonyl (C=O) groups excluding carboxylic acids is 3. The summed E-state index contributed by atoms with van der Waals surface area (Å²) in [5.41, 5.74) is -0.570. The largest absolute Gasteiger partial charge is 0.496 e. The summed E-state index contributed by atoms with van der Waals surface area (Å²) in [7, 11) is 6.00. The van der Waals surface area contributed by atoms with Gasteiger partial charge >= 0.3 is 17.9 Å². The molecule has 6 aliphatic heterocycles. The predicted octanol–water partition coefficient (Wildman–Crippen LogP) is 4.54. The number of aliphatic hydroxyl groups is 1. The van der Waals surface area contributed by atoms with Gasteiger partial charge in [0.25, 0.3) is 0 Å². The summed E-state index contributed by atoms with van der Waals surface area (Å²) in [6, 6.07) is 8.89. The standard InChI is InChI=1S/C53H70F2N6O9/c1-8-50-13-9-16-61-18-14-51(44(50)61)38-26-39(42(66-5)27-41(38)58(4)45(51)53(65,48(64)68-7)46(50)70-32(2)62)52(47(63)67-6)28-34-24-35(49(3,54)55)31-60(30-34)17-12-36-37-25-33(10-11-40(37)57-43(36)52)29-56-15-19-59-20-22-69-23-21-59/h9-11,13,25-27,34-35,44-46,56-57,65H,8,12,14-24,28-31H2,1-7H3/t34-,35-,44+,45-,46-,50-,51-,52+,53+/m1/s1. The maximum atomic E-state index is 15.6. The molecule has 1 spiro atoms. The average Bonchev–Trinajstić information content (AvgIpc) is 4.01. The van der Waals surface area contributed by atoms with Crippen LogP contribution in [-0.4, -0.2) is 173 Å². The Morgan fingerprint density at radius 2 is 1.77 bits per heavy atom. The lowest BCUT2D eigenvalue weighted by atomic mass is 9.47. The Balaban J connectivity index is 1.19. The molecule has 3 N–H and O–H groups in total. The van der Waals surface area contributed by atoms with Crippen LogP contribution < -0.4 is 15.0 Å². The minimum Gasteiger partial charge on any atom is -0.496 e. The minimum atomic E-state index is -2.95. The molecule has 3 aromatic rings. The van der Waals surface area contributed by atoms with Crippen molar-refractivity contribution >= 4 is 34.5 Å². The van der Waals surface area contributed by atoms with Gasteiger partial charge < -0.3 is 48.9 Å². The van der Waals surface area contributed by atoms with Crippen LogP contribution in [0.5, 0.6) is 5.75 Å². The number of rotatable bonds is 12. The second kappa shape index (κ2) is 18.1. The number of nitrogens with zero attached hydrogens (tertiary/aromatic N) is 4. The van der Waals surface area contributed by atoms with Crippen molar-refractivity contribution in [2.75, 3.05) is 105 Å². The zero-order chi connectivity index (χ0) is 49.5. The van der Waals surface area contributed by atoms with Gasteiger partial charge in [0.2, 0.25) is 11.5 Å². The van der Waals surface area contributed by atoms with Crippen LogP contribution in [0.3, 0.4) is 0 Å². The van der Waals surface area contributed by atoms with Crippen molar-refractivity contribution in [1.29, 1.82) is 0 Å². The van der Waals surface area contributed by atoms with Gasteiger partial charge in [0.05, 0.1) is 40.6 Å². The number of likely N-dealkylation sites (N-methyl/N-ethyl adjacent to an activating group) is 1. The second-order valence-corrected chi connectivity index (χ2v) is 21.3. The van der Waals surface area contributed by atoms with Gasteiger partial charge in [-0.25, -0.2) is 13.6 Å². The summed E-state index contributed by atoms with van der Waals surface area (Å²) < 4.78 is 60.8. The number of fused-ring (bicyclic) bond motifs is 6. The fraction of sp³-hybridized carbons (Fsp3) is 0.642. The van der Waals surface area contributed by atoms with Crippen LogP contribution in [0.25, 0.3) is 10.9 Å². The number of piperidine rings is 1. The zero-order valence-electron chi connectivity index (χ0n) is 41.7. The van der Waals surface area contributed by atoms with E-state index in [1.54, 1.807) is 7.11 Å². The number of halogens is 2. The molecule has 7 aliphatic rings. The maximum absolute atomic E-state index is 15.6. The minimum absolute atomic E-state index is 0.137. The molecule has 10 atom stereocenters. The fourth-order valence-corrected chi connectivity index (χ4v) is 14.9. The molecule has 15 nitrogen and oxygen atoms in total. The Hall–Kier alpha value is -4.65. The molecule has 4 fully saturated rings. The normalized spacial score (nSPS) is 33.8. The third kappa shape index (κ3) is 7.33. The number of aromatic amines is 1. The first kappa shape index (κ1) is 49.0. The number of esters is 3. The van der Waals surface area contributed by atoms with E-state index in [0.29, 0.717) is 74.7 Å². The van der Waals surface area contributed by atoms with Crippen molar-refractivity contribution < 1.29 is 52.0 Å². The van der Waals surface area contributed by atoms with Crippen LogP contribution in [0.4, 0.5) is 14.5 Å². The number of hydrogen-bond donors (Lipinski definition) is 3. The summed E-state index contributed by atoms with van der Waals surface area (Å²) in [5, 5.41) is 18.0. The molecule has 2 bridgehead atoms. The van der Waals surface area contributed by atoms with E-state index in [-0.39, 0.29) is 31.3 Å². The number of H-pyrrole nitrogens is 1. The van der Waals surface area contributed by atoms with Crippen molar-refractivity contribution in [2.45, 2.75) is 100.0 Å². The van der Waals surface area contributed by atoms with Crippen molar-refractivity contribution in [3.05, 3.63) is 70.4 Å². The number of aromatic nitrogens is 1. The SMILES string of the molecule is CC[C@]12C=CCN3CC[C@@]4(c5cc([C@@]6(C(=O)OC)C[C@H]7C[C@@H](C(C)(F)F)CN(CCc8c6[nH]c6ccc(CNCCN9CCOCC9)cc86)C7)c(OC)cc5N(C)[C@H]4[C@@](O)(C(=O)OC)[C@@H]1OC(C)=O)[C@@H]32.